The first kappa shape index (κ1) is 20.4. The number of carbonyl (C=O) groups is 1. The van der Waals surface area contributed by atoms with E-state index in [-0.39, 0.29) is 30.7 Å². The lowest BCUT2D eigenvalue weighted by atomic mass is 10.1. The molecule has 7 heteroatoms. The zero-order valence-corrected chi connectivity index (χ0v) is 14.1. The van der Waals surface area contributed by atoms with Crippen LogP contribution in [0.15, 0.2) is 42.9 Å². The number of halogens is 2. The molecule has 1 aromatic heterocycles. The number of carbonyl (C=O) groups excluding carboxylic acids is 1. The maximum absolute atomic E-state index is 11.6. The van der Waals surface area contributed by atoms with Crippen molar-refractivity contribution in [2.75, 3.05) is 6.54 Å². The lowest BCUT2D eigenvalue weighted by molar-refractivity contribution is -0.122. The number of amides is 1. The van der Waals surface area contributed by atoms with E-state index in [9.17, 15) is 4.79 Å². The van der Waals surface area contributed by atoms with Gasteiger partial charge in [-0.15, -0.1) is 24.8 Å². The van der Waals surface area contributed by atoms with Crippen LogP contribution in [0.2, 0.25) is 0 Å². The maximum atomic E-state index is 11.6. The number of nitrogens with one attached hydrogen (secondary N) is 1. The molecule has 1 aromatic carbocycles. The molecule has 0 saturated heterocycles. The van der Waals surface area contributed by atoms with E-state index in [4.69, 9.17) is 5.73 Å². The second-order valence-electron chi connectivity index (χ2n) is 4.73. The maximum Gasteiger partial charge on any atom is 0.237 e. The molecule has 0 aliphatic carbocycles. The van der Waals surface area contributed by atoms with Gasteiger partial charge in [0.2, 0.25) is 5.91 Å². The molecule has 0 spiro atoms. The topological polar surface area (TPSA) is 72.9 Å². The molecule has 2 aromatic rings. The van der Waals surface area contributed by atoms with Gasteiger partial charge in [0.1, 0.15) is 0 Å². The summed E-state index contributed by atoms with van der Waals surface area (Å²) in [6.45, 7) is 3.23. The third-order valence-electron chi connectivity index (χ3n) is 3.01. The second kappa shape index (κ2) is 10.2. The Morgan fingerprint density at radius 2 is 2.00 bits per heavy atom. The zero-order chi connectivity index (χ0) is 14.4. The van der Waals surface area contributed by atoms with Gasteiger partial charge in [0, 0.05) is 25.7 Å². The van der Waals surface area contributed by atoms with E-state index in [2.05, 4.69) is 22.4 Å². The van der Waals surface area contributed by atoms with Gasteiger partial charge in [-0.3, -0.25) is 4.79 Å². The van der Waals surface area contributed by atoms with Crippen LogP contribution in [0.4, 0.5) is 0 Å². The van der Waals surface area contributed by atoms with Crippen LogP contribution in [-0.2, 0) is 17.8 Å². The Labute approximate surface area is 143 Å². The number of aromatic nitrogens is 2. The summed E-state index contributed by atoms with van der Waals surface area (Å²) in [5.74, 6) is -0.134. The van der Waals surface area contributed by atoms with Gasteiger partial charge < -0.3 is 15.6 Å². The number of likely N-dealkylation sites (N-methyl/N-ethyl adjacent to an activating group) is 1. The van der Waals surface area contributed by atoms with Crippen LogP contribution < -0.4 is 11.1 Å². The number of rotatable bonds is 6. The Kier molecular flexibility index (Phi) is 9.49. The van der Waals surface area contributed by atoms with Gasteiger partial charge >= 0.3 is 0 Å². The van der Waals surface area contributed by atoms with Crippen LogP contribution in [0.25, 0.3) is 0 Å². The minimum absolute atomic E-state index is 0. The van der Waals surface area contributed by atoms with Crippen molar-refractivity contribution in [1.82, 2.24) is 14.9 Å². The summed E-state index contributed by atoms with van der Waals surface area (Å²) in [5, 5.41) is 2.71. The van der Waals surface area contributed by atoms with Crippen LogP contribution in [0, 0.1) is 0 Å². The summed E-state index contributed by atoms with van der Waals surface area (Å²) >= 11 is 0. The lowest BCUT2D eigenvalue weighted by Gasteiger charge is -2.09. The highest BCUT2D eigenvalue weighted by atomic mass is 35.5. The fourth-order valence-electron chi connectivity index (χ4n) is 2.02. The minimum Gasteiger partial charge on any atom is -0.355 e. The SMILES string of the molecule is CCNC(=O)[C@@H](N)Cc1cn(Cc2ccccc2)cn1.Cl.Cl. The molecular formula is C15H22Cl2N4O. The van der Waals surface area contributed by atoms with Gasteiger partial charge in [-0.25, -0.2) is 4.98 Å². The van der Waals surface area contributed by atoms with Crippen molar-refractivity contribution in [3.63, 3.8) is 0 Å². The number of nitrogens with two attached hydrogens (primary N) is 1. The van der Waals surface area contributed by atoms with Gasteiger partial charge in [-0.05, 0) is 12.5 Å². The molecular weight excluding hydrogens is 323 g/mol. The molecule has 1 amide bonds. The van der Waals surface area contributed by atoms with Crippen molar-refractivity contribution in [2.24, 2.45) is 5.73 Å². The average molecular weight is 345 g/mol. The van der Waals surface area contributed by atoms with Gasteiger partial charge in [0.15, 0.2) is 0 Å². The lowest BCUT2D eigenvalue weighted by Crippen LogP contribution is -2.41. The van der Waals surface area contributed by atoms with E-state index < -0.39 is 6.04 Å². The highest BCUT2D eigenvalue weighted by molar-refractivity contribution is 5.85. The monoisotopic (exact) mass is 344 g/mol. The van der Waals surface area contributed by atoms with Crippen LogP contribution in [-0.4, -0.2) is 28.0 Å². The highest BCUT2D eigenvalue weighted by Crippen LogP contribution is 2.05. The molecule has 0 radical (unpaired) electrons. The van der Waals surface area contributed by atoms with Gasteiger partial charge in [-0.1, -0.05) is 30.3 Å². The first-order valence-electron chi connectivity index (χ1n) is 6.77. The molecule has 0 saturated carbocycles. The molecule has 0 aliphatic rings. The minimum atomic E-state index is -0.546. The molecule has 0 fully saturated rings. The smallest absolute Gasteiger partial charge is 0.237 e. The summed E-state index contributed by atoms with van der Waals surface area (Å²) in [4.78, 5) is 15.9. The summed E-state index contributed by atoms with van der Waals surface area (Å²) in [5.41, 5.74) is 7.88. The second-order valence-corrected chi connectivity index (χ2v) is 4.73. The highest BCUT2D eigenvalue weighted by Gasteiger charge is 2.14. The molecule has 0 aliphatic heterocycles. The Morgan fingerprint density at radius 3 is 2.64 bits per heavy atom. The molecule has 22 heavy (non-hydrogen) atoms. The molecule has 0 unspecified atom stereocenters. The Bertz CT molecular complexity index is 560. The van der Waals surface area contributed by atoms with Crippen molar-refractivity contribution in [2.45, 2.75) is 25.9 Å². The Hall–Kier alpha value is -1.56. The summed E-state index contributed by atoms with van der Waals surface area (Å²) in [6, 6.07) is 9.61. The predicted molar refractivity (Wildman–Crippen MR) is 92.6 cm³/mol. The molecule has 122 valence electrons. The number of hydrogen-bond donors (Lipinski definition) is 2. The van der Waals surface area contributed by atoms with Crippen LogP contribution >= 0.6 is 24.8 Å². The molecule has 2 rings (SSSR count). The van der Waals surface area contributed by atoms with Crippen LogP contribution in [0.1, 0.15) is 18.2 Å². The third kappa shape index (κ3) is 6.05. The Morgan fingerprint density at radius 1 is 1.32 bits per heavy atom. The van der Waals surface area contributed by atoms with Crippen molar-refractivity contribution < 1.29 is 4.79 Å². The quantitative estimate of drug-likeness (QED) is 0.838. The zero-order valence-electron chi connectivity index (χ0n) is 12.4. The van der Waals surface area contributed by atoms with E-state index in [1.165, 1.54) is 5.56 Å². The standard InChI is InChI=1S/C15H20N4O.2ClH/c1-2-17-15(20)14(16)8-13-10-19(11-18-13)9-12-6-4-3-5-7-12;;/h3-7,10-11,14H,2,8-9,16H2,1H3,(H,17,20);2*1H/t14-;;/m0../s1. The molecule has 3 N–H and O–H groups in total. The molecule has 1 heterocycles. The summed E-state index contributed by atoms with van der Waals surface area (Å²) < 4.78 is 2.00. The van der Waals surface area contributed by atoms with Crippen molar-refractivity contribution in [3.8, 4) is 0 Å². The largest absolute Gasteiger partial charge is 0.355 e. The number of hydrogen-bond acceptors (Lipinski definition) is 3. The van der Waals surface area contributed by atoms with Gasteiger partial charge in [0.05, 0.1) is 18.1 Å². The fourth-order valence-corrected chi connectivity index (χ4v) is 2.02. The van der Waals surface area contributed by atoms with E-state index in [0.717, 1.165) is 12.2 Å². The average Bonchev–Trinajstić information content (AvgIpc) is 2.87. The number of imidazole rings is 1. The Balaban J connectivity index is 0.00000220. The molecule has 5 nitrogen and oxygen atoms in total. The van der Waals surface area contributed by atoms with Crippen molar-refractivity contribution in [1.29, 1.82) is 0 Å². The normalized spacial score (nSPS) is 11.0. The molecule has 1 atom stereocenters. The number of nitrogens with zero attached hydrogens (tertiary/aromatic N) is 2. The van der Waals surface area contributed by atoms with Crippen LogP contribution in [0.3, 0.4) is 0 Å². The summed E-state index contributed by atoms with van der Waals surface area (Å²) in [6.07, 6.45) is 4.16. The fraction of sp³-hybridized carbons (Fsp3) is 0.333. The van der Waals surface area contributed by atoms with Crippen molar-refractivity contribution in [3.05, 3.63) is 54.1 Å². The first-order valence-corrected chi connectivity index (χ1v) is 6.77. The van der Waals surface area contributed by atoms with Crippen LogP contribution in [0.5, 0.6) is 0 Å². The van der Waals surface area contributed by atoms with Gasteiger partial charge in [0.25, 0.3) is 0 Å². The predicted octanol–water partition coefficient (Wildman–Crippen LogP) is 1.78. The van der Waals surface area contributed by atoms with E-state index in [1.807, 2.05) is 35.9 Å². The molecule has 0 bridgehead atoms. The van der Waals surface area contributed by atoms with E-state index >= 15 is 0 Å². The number of benzene rings is 1. The van der Waals surface area contributed by atoms with Crippen molar-refractivity contribution >= 4 is 30.7 Å². The van der Waals surface area contributed by atoms with E-state index in [1.54, 1.807) is 6.33 Å². The summed E-state index contributed by atoms with van der Waals surface area (Å²) in [7, 11) is 0. The third-order valence-corrected chi connectivity index (χ3v) is 3.01. The van der Waals surface area contributed by atoms with E-state index in [0.29, 0.717) is 13.0 Å². The van der Waals surface area contributed by atoms with Gasteiger partial charge in [-0.2, -0.15) is 0 Å². The first-order chi connectivity index (χ1) is 9.69.